The number of pyridine rings is 1. The van der Waals surface area contributed by atoms with Crippen molar-refractivity contribution in [2.24, 2.45) is 0 Å². The smallest absolute Gasteiger partial charge is 0.416 e. The zero-order valence-corrected chi connectivity index (χ0v) is 22.6. The van der Waals surface area contributed by atoms with Gasteiger partial charge in [-0.25, -0.2) is 28.1 Å². The summed E-state index contributed by atoms with van der Waals surface area (Å²) in [6, 6.07) is 7.38. The van der Waals surface area contributed by atoms with Gasteiger partial charge in [0.15, 0.2) is 0 Å². The quantitative estimate of drug-likeness (QED) is 0.254. The summed E-state index contributed by atoms with van der Waals surface area (Å²) in [7, 11) is -1.81. The number of hydrogen-bond donors (Lipinski definition) is 4. The standard InChI is InChI=1S/C22H24F3N7O4S.C2H6/c1-26-21-28-7-5-15(32-21)13-29-19-18(4-3-6-27-19)20(33)31-16-10-14(22(23,24)25)11-17(12-16)36-9-8-30-37(2,34)35;1-2/h3-7,10-12,30H,8-9,13H2,1-2H3,(H,27,29)(H,31,33)(H,26,28,32);1-2H3. The molecule has 0 atom stereocenters. The minimum absolute atomic E-state index is 0.0858. The molecule has 0 saturated carbocycles. The fraction of sp³-hybridized carbons (Fsp3) is 0.333. The molecule has 0 fully saturated rings. The number of hydrogen-bond acceptors (Lipinski definition) is 9. The van der Waals surface area contributed by atoms with Crippen molar-refractivity contribution in [3.8, 4) is 5.75 Å². The number of carbonyl (C=O) groups is 1. The van der Waals surface area contributed by atoms with E-state index in [0.717, 1.165) is 18.4 Å². The van der Waals surface area contributed by atoms with Crippen LogP contribution < -0.4 is 25.4 Å². The molecule has 0 bridgehead atoms. The number of anilines is 3. The third-order valence-electron chi connectivity index (χ3n) is 4.65. The molecule has 3 aromatic rings. The Kier molecular flexibility index (Phi) is 11.4. The molecule has 0 unspecified atom stereocenters. The molecule has 1 aromatic carbocycles. The average molecular weight is 570 g/mol. The van der Waals surface area contributed by atoms with Gasteiger partial charge in [-0.2, -0.15) is 13.2 Å². The second-order valence-electron chi connectivity index (χ2n) is 7.59. The van der Waals surface area contributed by atoms with Crippen LogP contribution in [0, 0.1) is 0 Å². The third kappa shape index (κ3) is 10.4. The maximum Gasteiger partial charge on any atom is 0.416 e. The molecular formula is C24H30F3N7O4S. The molecule has 39 heavy (non-hydrogen) atoms. The molecule has 2 aromatic heterocycles. The largest absolute Gasteiger partial charge is 0.492 e. The van der Waals surface area contributed by atoms with Crippen molar-refractivity contribution in [3.05, 3.63) is 65.6 Å². The molecule has 0 aliphatic rings. The Hall–Kier alpha value is -3.98. The highest BCUT2D eigenvalue weighted by Gasteiger charge is 2.32. The molecule has 3 rings (SSSR count). The van der Waals surface area contributed by atoms with Crippen LogP contribution in [-0.4, -0.2) is 55.7 Å². The van der Waals surface area contributed by atoms with Crippen molar-refractivity contribution in [1.29, 1.82) is 0 Å². The van der Waals surface area contributed by atoms with E-state index < -0.39 is 27.7 Å². The minimum atomic E-state index is -4.71. The van der Waals surface area contributed by atoms with Gasteiger partial charge >= 0.3 is 6.18 Å². The molecule has 0 aliphatic carbocycles. The van der Waals surface area contributed by atoms with Crippen molar-refractivity contribution in [1.82, 2.24) is 19.7 Å². The maximum absolute atomic E-state index is 13.4. The predicted octanol–water partition coefficient (Wildman–Crippen LogP) is 3.75. The van der Waals surface area contributed by atoms with Gasteiger partial charge in [0.25, 0.3) is 5.91 Å². The molecule has 0 spiro atoms. The molecular weight excluding hydrogens is 539 g/mol. The molecule has 11 nitrogen and oxygen atoms in total. The number of aromatic nitrogens is 3. The summed E-state index contributed by atoms with van der Waals surface area (Å²) in [5, 5.41) is 8.24. The zero-order valence-electron chi connectivity index (χ0n) is 21.8. The van der Waals surface area contributed by atoms with E-state index in [1.807, 2.05) is 13.8 Å². The predicted molar refractivity (Wildman–Crippen MR) is 142 cm³/mol. The van der Waals surface area contributed by atoms with E-state index in [0.29, 0.717) is 11.6 Å². The van der Waals surface area contributed by atoms with Crippen LogP contribution in [0.15, 0.2) is 48.8 Å². The summed E-state index contributed by atoms with van der Waals surface area (Å²) in [4.78, 5) is 25.4. The Balaban J connectivity index is 0.00000260. The van der Waals surface area contributed by atoms with Gasteiger partial charge in [-0.15, -0.1) is 0 Å². The molecule has 0 aliphatic heterocycles. The average Bonchev–Trinajstić information content (AvgIpc) is 2.90. The lowest BCUT2D eigenvalue weighted by atomic mass is 10.1. The van der Waals surface area contributed by atoms with Gasteiger partial charge in [0.1, 0.15) is 18.2 Å². The van der Waals surface area contributed by atoms with Crippen LogP contribution >= 0.6 is 0 Å². The topological polar surface area (TPSA) is 147 Å². The normalized spacial score (nSPS) is 11.2. The van der Waals surface area contributed by atoms with Gasteiger partial charge in [-0.05, 0) is 30.3 Å². The second kappa shape index (κ2) is 14.2. The van der Waals surface area contributed by atoms with E-state index in [4.69, 9.17) is 4.74 Å². The second-order valence-corrected chi connectivity index (χ2v) is 9.42. The molecule has 0 saturated heterocycles. The van der Waals surface area contributed by atoms with E-state index in [9.17, 15) is 26.4 Å². The Labute approximate surface area is 224 Å². The highest BCUT2D eigenvalue weighted by atomic mass is 32.2. The number of ether oxygens (including phenoxy) is 1. The van der Waals surface area contributed by atoms with Crippen LogP contribution in [0.5, 0.6) is 5.75 Å². The van der Waals surface area contributed by atoms with Gasteiger partial charge < -0.3 is 20.7 Å². The number of sulfonamides is 1. The summed E-state index contributed by atoms with van der Waals surface area (Å²) in [6.07, 6.45) is -0.750. The van der Waals surface area contributed by atoms with Gasteiger partial charge in [0.2, 0.25) is 16.0 Å². The molecule has 4 N–H and O–H groups in total. The van der Waals surface area contributed by atoms with Crippen molar-refractivity contribution in [2.75, 3.05) is 42.4 Å². The summed E-state index contributed by atoms with van der Waals surface area (Å²) in [6.45, 7) is 3.83. The number of carbonyl (C=O) groups excluding carboxylic acids is 1. The van der Waals surface area contributed by atoms with E-state index >= 15 is 0 Å². The first-order valence-electron chi connectivity index (χ1n) is 11.7. The van der Waals surface area contributed by atoms with E-state index in [2.05, 4.69) is 35.6 Å². The number of nitrogens with one attached hydrogen (secondary N) is 4. The van der Waals surface area contributed by atoms with Crippen LogP contribution in [-0.2, 0) is 22.7 Å². The Morgan fingerprint density at radius 1 is 1.08 bits per heavy atom. The van der Waals surface area contributed by atoms with Crippen LogP contribution in [0.4, 0.5) is 30.6 Å². The maximum atomic E-state index is 13.4. The lowest BCUT2D eigenvalue weighted by Crippen LogP contribution is -2.27. The fourth-order valence-corrected chi connectivity index (χ4v) is 3.49. The summed E-state index contributed by atoms with van der Waals surface area (Å²) in [5.41, 5.74) is -0.524. The van der Waals surface area contributed by atoms with Crippen LogP contribution in [0.2, 0.25) is 0 Å². The Bertz CT molecular complexity index is 1360. The van der Waals surface area contributed by atoms with Gasteiger partial charge in [0.05, 0.1) is 29.6 Å². The first-order chi connectivity index (χ1) is 18.4. The summed E-state index contributed by atoms with van der Waals surface area (Å²) in [5.74, 6) is -0.305. The van der Waals surface area contributed by atoms with Gasteiger partial charge in [0, 0.05) is 37.7 Å². The molecule has 2 heterocycles. The molecule has 1 amide bonds. The summed E-state index contributed by atoms with van der Waals surface area (Å²) >= 11 is 0. The van der Waals surface area contributed by atoms with Crippen LogP contribution in [0.3, 0.4) is 0 Å². The van der Waals surface area contributed by atoms with E-state index in [1.54, 1.807) is 19.3 Å². The van der Waals surface area contributed by atoms with Crippen molar-refractivity contribution in [2.45, 2.75) is 26.6 Å². The highest BCUT2D eigenvalue weighted by molar-refractivity contribution is 7.88. The minimum Gasteiger partial charge on any atom is -0.492 e. The Morgan fingerprint density at radius 2 is 1.82 bits per heavy atom. The number of rotatable bonds is 11. The van der Waals surface area contributed by atoms with Gasteiger partial charge in [-0.1, -0.05) is 13.8 Å². The third-order valence-corrected chi connectivity index (χ3v) is 5.38. The lowest BCUT2D eigenvalue weighted by molar-refractivity contribution is -0.137. The van der Waals surface area contributed by atoms with Gasteiger partial charge in [-0.3, -0.25) is 4.79 Å². The molecule has 212 valence electrons. The van der Waals surface area contributed by atoms with E-state index in [1.165, 1.54) is 24.4 Å². The van der Waals surface area contributed by atoms with E-state index in [-0.39, 0.29) is 42.5 Å². The van der Waals surface area contributed by atoms with Crippen molar-refractivity contribution >= 4 is 33.4 Å². The molecule has 0 radical (unpaired) electrons. The Morgan fingerprint density at radius 3 is 2.49 bits per heavy atom. The van der Waals surface area contributed by atoms with Crippen molar-refractivity contribution in [3.63, 3.8) is 0 Å². The number of benzene rings is 1. The van der Waals surface area contributed by atoms with Crippen LogP contribution in [0.1, 0.15) is 35.5 Å². The SMILES string of the molecule is CC.CNc1nccc(CNc2ncccc2C(=O)Nc2cc(OCCNS(C)(=O)=O)cc(C(F)(F)F)c2)n1. The number of halogens is 3. The zero-order chi connectivity index (χ0) is 29.1. The number of amides is 1. The monoisotopic (exact) mass is 569 g/mol. The number of alkyl halides is 3. The highest BCUT2D eigenvalue weighted by Crippen LogP contribution is 2.34. The van der Waals surface area contributed by atoms with Crippen molar-refractivity contribution < 1.29 is 31.1 Å². The number of nitrogens with zero attached hydrogens (tertiary/aromatic N) is 3. The first kappa shape index (κ1) is 31.2. The van der Waals surface area contributed by atoms with Crippen LogP contribution in [0.25, 0.3) is 0 Å². The first-order valence-corrected chi connectivity index (χ1v) is 13.6. The fourth-order valence-electron chi connectivity index (χ4n) is 3.03. The summed E-state index contributed by atoms with van der Waals surface area (Å²) < 4.78 is 70.0. The lowest BCUT2D eigenvalue weighted by Gasteiger charge is -2.15. The molecule has 15 heteroatoms.